The van der Waals surface area contributed by atoms with Gasteiger partial charge in [0.2, 0.25) is 0 Å². The molecular weight excluding hydrogens is 558 g/mol. The minimum atomic E-state index is -1.23. The number of aromatic nitrogens is 2. The van der Waals surface area contributed by atoms with Crippen molar-refractivity contribution >= 4 is 51.8 Å². The highest BCUT2D eigenvalue weighted by Gasteiger charge is 2.16. The van der Waals surface area contributed by atoms with Gasteiger partial charge in [-0.2, -0.15) is 0 Å². The van der Waals surface area contributed by atoms with Gasteiger partial charge in [0.25, 0.3) is 5.91 Å². The second-order valence-electron chi connectivity index (χ2n) is 8.74. The molecule has 0 saturated heterocycles. The van der Waals surface area contributed by atoms with Crippen LogP contribution >= 0.6 is 11.6 Å². The third-order valence-electron chi connectivity index (χ3n) is 5.47. The number of nitrogens with zero attached hydrogens (tertiary/aromatic N) is 3. The van der Waals surface area contributed by atoms with Crippen molar-refractivity contribution in [3.8, 4) is 5.75 Å². The number of aliphatic imine (C=N–C) groups is 1. The minimum absolute atomic E-state index is 0.0142. The quantitative estimate of drug-likeness (QED) is 0.0871. The molecule has 3 aromatic rings. The van der Waals surface area contributed by atoms with Gasteiger partial charge in [-0.05, 0) is 43.2 Å². The number of hydrogen-bond donors (Lipinski definition) is 8. The molecule has 0 fully saturated rings. The monoisotopic (exact) mass is 591 g/mol. The number of nitrogens with one attached hydrogen (secondary N) is 1. The van der Waals surface area contributed by atoms with Crippen LogP contribution in [0.4, 0.5) is 11.6 Å². The lowest BCUT2D eigenvalue weighted by Gasteiger charge is -2.14. The van der Waals surface area contributed by atoms with Crippen molar-refractivity contribution in [1.29, 1.82) is 0 Å². The maximum absolute atomic E-state index is 12.3. The topological polar surface area (TPSA) is 253 Å². The van der Waals surface area contributed by atoms with Crippen LogP contribution in [0.25, 0.3) is 10.8 Å². The van der Waals surface area contributed by atoms with Gasteiger partial charge >= 0.3 is 5.97 Å². The van der Waals surface area contributed by atoms with Crippen molar-refractivity contribution in [1.82, 2.24) is 15.3 Å². The molecule has 0 saturated carbocycles. The van der Waals surface area contributed by atoms with E-state index in [1.807, 2.05) is 36.4 Å². The molecule has 0 bridgehead atoms. The average Bonchev–Trinajstić information content (AvgIpc) is 2.94. The Balaban J connectivity index is 0.000000883. The van der Waals surface area contributed by atoms with Crippen molar-refractivity contribution < 1.29 is 34.8 Å². The number of aliphatic hydroxyl groups excluding tert-OH is 3. The maximum atomic E-state index is 12.3. The zero-order valence-electron chi connectivity index (χ0n) is 22.3. The zero-order valence-corrected chi connectivity index (χ0v) is 23.1. The normalized spacial score (nSPS) is 12.7. The van der Waals surface area contributed by atoms with E-state index >= 15 is 0 Å². The number of ether oxygens (including phenoxy) is 1. The fraction of sp³-hybridized carbons (Fsp3) is 0.346. The summed E-state index contributed by atoms with van der Waals surface area (Å²) in [5.74, 6) is -1.52. The molecule has 0 aliphatic rings. The van der Waals surface area contributed by atoms with E-state index in [2.05, 4.69) is 20.3 Å². The number of aryl methyl sites for hydroxylation is 1. The van der Waals surface area contributed by atoms with Gasteiger partial charge in [-0.1, -0.05) is 41.9 Å². The molecule has 1 heterocycles. The molecular formula is C26H34ClN7O7. The third kappa shape index (κ3) is 10.3. The fourth-order valence-corrected chi connectivity index (χ4v) is 3.49. The summed E-state index contributed by atoms with van der Waals surface area (Å²) in [7, 11) is 0. The Morgan fingerprint density at radius 3 is 2.37 bits per heavy atom. The number of carboxylic acids is 1. The predicted molar refractivity (Wildman–Crippen MR) is 155 cm³/mol. The van der Waals surface area contributed by atoms with Crippen LogP contribution in [0.5, 0.6) is 5.75 Å². The number of carboxylic acid groups (broad SMARTS) is 1. The Labute approximate surface area is 240 Å². The fourth-order valence-electron chi connectivity index (χ4n) is 3.37. The number of aliphatic carboxylic acids is 1. The first-order valence-electron chi connectivity index (χ1n) is 12.5. The molecule has 0 aliphatic carbocycles. The van der Waals surface area contributed by atoms with Crippen LogP contribution < -0.4 is 27.3 Å². The molecule has 2 aromatic carbocycles. The summed E-state index contributed by atoms with van der Waals surface area (Å²) in [6.45, 7) is 1.27. The van der Waals surface area contributed by atoms with Gasteiger partial charge in [-0.25, -0.2) is 14.8 Å². The molecule has 1 unspecified atom stereocenters. The Morgan fingerprint density at radius 2 is 1.73 bits per heavy atom. The molecule has 0 spiro atoms. The Hall–Kier alpha value is -4.24. The number of unbranched alkanes of at least 4 members (excludes halogenated alkanes) is 1. The van der Waals surface area contributed by atoms with E-state index in [9.17, 15) is 14.7 Å². The number of aliphatic hydroxyl groups is 3. The Bertz CT molecular complexity index is 1370. The second kappa shape index (κ2) is 16.1. The lowest BCUT2D eigenvalue weighted by molar-refractivity contribution is -0.145. The summed E-state index contributed by atoms with van der Waals surface area (Å²) in [6, 6.07) is 11.7. The molecule has 1 aromatic heterocycles. The SMILES string of the molecule is C[C@H](O)C(=O)O.NC(=NCCCCc1ccc(OCC(O)CO)c2ccccc12)NC(=O)c1nc(Cl)c(N)nc1N. The van der Waals surface area contributed by atoms with E-state index in [0.717, 1.165) is 35.6 Å². The van der Waals surface area contributed by atoms with Gasteiger partial charge in [0.1, 0.15) is 24.6 Å². The van der Waals surface area contributed by atoms with Gasteiger partial charge < -0.3 is 42.4 Å². The van der Waals surface area contributed by atoms with Crippen LogP contribution in [0.2, 0.25) is 5.15 Å². The number of carbonyl (C=O) groups excluding carboxylic acids is 1. The summed E-state index contributed by atoms with van der Waals surface area (Å²) >= 11 is 5.79. The highest BCUT2D eigenvalue weighted by Crippen LogP contribution is 2.29. The minimum Gasteiger partial charge on any atom is -0.490 e. The van der Waals surface area contributed by atoms with Gasteiger partial charge in [0.15, 0.2) is 28.4 Å². The van der Waals surface area contributed by atoms with E-state index < -0.39 is 24.1 Å². The molecule has 222 valence electrons. The second-order valence-corrected chi connectivity index (χ2v) is 9.10. The van der Waals surface area contributed by atoms with Crippen LogP contribution in [0.1, 0.15) is 35.8 Å². The molecule has 41 heavy (non-hydrogen) atoms. The van der Waals surface area contributed by atoms with Crippen molar-refractivity contribution in [3.63, 3.8) is 0 Å². The van der Waals surface area contributed by atoms with Crippen molar-refractivity contribution in [2.75, 3.05) is 31.2 Å². The van der Waals surface area contributed by atoms with Gasteiger partial charge in [0, 0.05) is 11.9 Å². The van der Waals surface area contributed by atoms with Gasteiger partial charge in [-0.15, -0.1) is 0 Å². The number of anilines is 2. The van der Waals surface area contributed by atoms with Crippen LogP contribution in [0.15, 0.2) is 41.4 Å². The van der Waals surface area contributed by atoms with Crippen LogP contribution in [-0.2, 0) is 11.2 Å². The first-order valence-corrected chi connectivity index (χ1v) is 12.8. The number of rotatable bonds is 11. The van der Waals surface area contributed by atoms with Crippen molar-refractivity contribution in [2.24, 2.45) is 10.7 Å². The molecule has 3 rings (SSSR count). The van der Waals surface area contributed by atoms with Crippen molar-refractivity contribution in [3.05, 3.63) is 52.8 Å². The maximum Gasteiger partial charge on any atom is 0.332 e. The van der Waals surface area contributed by atoms with Crippen LogP contribution in [-0.4, -0.2) is 80.2 Å². The molecule has 0 radical (unpaired) electrons. The molecule has 15 heteroatoms. The Kier molecular flexibility index (Phi) is 13.0. The zero-order chi connectivity index (χ0) is 30.5. The number of guanidine groups is 1. The number of nitrogens with two attached hydrogens (primary N) is 3. The summed E-state index contributed by atoms with van der Waals surface area (Å²) < 4.78 is 5.67. The lowest BCUT2D eigenvalue weighted by atomic mass is 9.99. The van der Waals surface area contributed by atoms with Crippen molar-refractivity contribution in [2.45, 2.75) is 38.4 Å². The van der Waals surface area contributed by atoms with E-state index in [1.165, 1.54) is 6.92 Å². The Morgan fingerprint density at radius 1 is 1.07 bits per heavy atom. The summed E-state index contributed by atoms with van der Waals surface area (Å²) in [6.07, 6.45) is 0.217. The van der Waals surface area contributed by atoms with Crippen LogP contribution in [0, 0.1) is 0 Å². The molecule has 2 atom stereocenters. The molecule has 14 nitrogen and oxygen atoms in total. The number of halogens is 1. The lowest BCUT2D eigenvalue weighted by Crippen LogP contribution is -2.38. The van der Waals surface area contributed by atoms with Crippen LogP contribution in [0.3, 0.4) is 0 Å². The molecule has 1 amide bonds. The molecule has 11 N–H and O–H groups in total. The van der Waals surface area contributed by atoms with E-state index in [1.54, 1.807) is 0 Å². The number of hydrogen-bond acceptors (Lipinski definition) is 11. The summed E-state index contributed by atoms with van der Waals surface area (Å²) in [4.78, 5) is 33.5. The summed E-state index contributed by atoms with van der Waals surface area (Å²) in [5.41, 5.74) is 17.9. The van der Waals surface area contributed by atoms with E-state index in [-0.39, 0.29) is 41.7 Å². The highest BCUT2D eigenvalue weighted by molar-refractivity contribution is 6.31. The first-order chi connectivity index (χ1) is 19.4. The number of carbonyl (C=O) groups is 2. The summed E-state index contributed by atoms with van der Waals surface area (Å²) in [5, 5.41) is 38.6. The largest absolute Gasteiger partial charge is 0.490 e. The van der Waals surface area contributed by atoms with Gasteiger partial charge in [-0.3, -0.25) is 15.1 Å². The highest BCUT2D eigenvalue weighted by atomic mass is 35.5. The number of nitrogen functional groups attached to an aromatic ring is 2. The predicted octanol–water partition coefficient (Wildman–Crippen LogP) is 0.699. The number of fused-ring (bicyclic) bond motifs is 1. The van der Waals surface area contributed by atoms with Gasteiger partial charge in [0.05, 0.1) is 6.61 Å². The standard InChI is InChI=1S/C23H28ClN7O4.C3H6O3/c24-19-21(26)30-20(25)18(29-19)22(34)31-23(27)28-10-4-3-5-13-8-9-17(35-12-14(33)11-32)16-7-2-1-6-15(13)16;1-2(4)3(5)6/h1-2,6-9,14,32-33H,3-5,10-12H2,(H4,25,26,30)(H3,27,28,31,34);2,4H,1H3,(H,5,6)/t;2-/m.0/s1. The third-order valence-corrected chi connectivity index (χ3v) is 5.75. The smallest absolute Gasteiger partial charge is 0.332 e. The average molecular weight is 592 g/mol. The van der Waals surface area contributed by atoms with E-state index in [4.69, 9.17) is 48.9 Å². The first kappa shape index (κ1) is 33.0. The van der Waals surface area contributed by atoms with E-state index in [0.29, 0.717) is 12.3 Å². The molecule has 0 aliphatic heterocycles. The number of benzene rings is 2. The number of amides is 1.